The Labute approximate surface area is 127 Å². The Balaban J connectivity index is 2.15. The highest BCUT2D eigenvalue weighted by atomic mass is 16.2. The topological polar surface area (TPSA) is 63.4 Å². The fourth-order valence-electron chi connectivity index (χ4n) is 3.77. The lowest BCUT2D eigenvalue weighted by molar-refractivity contribution is -0.139. The number of nitrogens with zero attached hydrogens (tertiary/aromatic N) is 1. The lowest BCUT2D eigenvalue weighted by atomic mass is 10.1. The summed E-state index contributed by atoms with van der Waals surface area (Å²) >= 11 is 0. The van der Waals surface area contributed by atoms with Crippen molar-refractivity contribution in [2.24, 2.45) is 23.0 Å². The highest BCUT2D eigenvalue weighted by Crippen LogP contribution is 2.60. The number of allylic oxidation sites excluding steroid dienone is 2. The van der Waals surface area contributed by atoms with E-state index in [4.69, 9.17) is 5.73 Å². The summed E-state index contributed by atoms with van der Waals surface area (Å²) in [5, 5.41) is 0. The maximum atomic E-state index is 12.9. The molecule has 0 aliphatic heterocycles. The van der Waals surface area contributed by atoms with E-state index in [2.05, 4.69) is 33.8 Å². The molecule has 0 unspecified atom stereocenters. The Bertz CT molecular complexity index is 457. The van der Waals surface area contributed by atoms with Crippen LogP contribution in [0.2, 0.25) is 0 Å². The first-order valence-corrected chi connectivity index (χ1v) is 7.99. The molecule has 4 nitrogen and oxygen atoms in total. The zero-order valence-electron chi connectivity index (χ0n) is 13.7. The molecule has 0 aromatic heterocycles. The highest BCUT2D eigenvalue weighted by molar-refractivity contribution is 5.88. The molecular formula is C17H28N2O2. The van der Waals surface area contributed by atoms with Gasteiger partial charge in [0.1, 0.15) is 0 Å². The number of primary amides is 1. The van der Waals surface area contributed by atoms with Crippen molar-refractivity contribution in [1.82, 2.24) is 4.90 Å². The van der Waals surface area contributed by atoms with Gasteiger partial charge in [0.05, 0.1) is 12.5 Å². The van der Waals surface area contributed by atoms with Crippen molar-refractivity contribution in [2.75, 3.05) is 6.54 Å². The molecule has 2 aliphatic carbocycles. The average molecular weight is 292 g/mol. The van der Waals surface area contributed by atoms with Gasteiger partial charge in [0.2, 0.25) is 11.8 Å². The second-order valence-electron chi connectivity index (χ2n) is 7.44. The van der Waals surface area contributed by atoms with Gasteiger partial charge in [-0.1, -0.05) is 38.3 Å². The van der Waals surface area contributed by atoms with Crippen LogP contribution in [0.15, 0.2) is 11.6 Å². The number of amides is 2. The van der Waals surface area contributed by atoms with Gasteiger partial charge in [-0.05, 0) is 38.0 Å². The predicted molar refractivity (Wildman–Crippen MR) is 83.4 cm³/mol. The van der Waals surface area contributed by atoms with Crippen molar-refractivity contribution in [3.05, 3.63) is 11.6 Å². The third kappa shape index (κ3) is 3.30. The molecule has 2 saturated carbocycles. The summed E-state index contributed by atoms with van der Waals surface area (Å²) in [5.74, 6) is -0.0141. The summed E-state index contributed by atoms with van der Waals surface area (Å²) in [4.78, 5) is 26.0. The lowest BCUT2D eigenvalue weighted by Crippen LogP contribution is -2.45. The standard InChI is InChI=1S/C17H28N2O2/c1-11(2)9-13-15(17(13,3)4)16(21)19(10-14(18)20)12-7-5-6-8-12/h9,12-13,15H,5-8,10H2,1-4H3,(H2,18,20)/t13-,15+/m1/s1. The van der Waals surface area contributed by atoms with Gasteiger partial charge in [-0.3, -0.25) is 9.59 Å². The number of rotatable bonds is 5. The summed E-state index contributed by atoms with van der Waals surface area (Å²) in [6.45, 7) is 8.47. The molecule has 0 spiro atoms. The summed E-state index contributed by atoms with van der Waals surface area (Å²) in [6.07, 6.45) is 6.47. The lowest BCUT2D eigenvalue weighted by Gasteiger charge is -2.28. The molecule has 0 radical (unpaired) electrons. The van der Waals surface area contributed by atoms with E-state index >= 15 is 0 Å². The van der Waals surface area contributed by atoms with Gasteiger partial charge >= 0.3 is 0 Å². The molecule has 2 N–H and O–H groups in total. The first-order valence-electron chi connectivity index (χ1n) is 7.99. The minimum Gasteiger partial charge on any atom is -0.368 e. The Hall–Kier alpha value is -1.32. The van der Waals surface area contributed by atoms with Crippen LogP contribution in [-0.2, 0) is 9.59 Å². The summed E-state index contributed by atoms with van der Waals surface area (Å²) < 4.78 is 0. The number of hydrogen-bond acceptors (Lipinski definition) is 2. The molecule has 0 bridgehead atoms. The molecule has 0 aromatic carbocycles. The highest BCUT2D eigenvalue weighted by Gasteiger charge is 2.61. The van der Waals surface area contributed by atoms with E-state index < -0.39 is 5.91 Å². The molecule has 0 saturated heterocycles. The van der Waals surface area contributed by atoms with Crippen LogP contribution < -0.4 is 5.73 Å². The zero-order chi connectivity index (χ0) is 15.8. The predicted octanol–water partition coefficient (Wildman–Crippen LogP) is 2.48. The number of hydrogen-bond donors (Lipinski definition) is 1. The number of carbonyl (C=O) groups is 2. The minimum atomic E-state index is -0.410. The van der Waals surface area contributed by atoms with Crippen molar-refractivity contribution >= 4 is 11.8 Å². The van der Waals surface area contributed by atoms with Gasteiger partial charge < -0.3 is 10.6 Å². The van der Waals surface area contributed by atoms with Gasteiger partial charge in [-0.2, -0.15) is 0 Å². The molecule has 2 atom stereocenters. The van der Waals surface area contributed by atoms with Crippen LogP contribution in [0.3, 0.4) is 0 Å². The second-order valence-corrected chi connectivity index (χ2v) is 7.44. The molecule has 118 valence electrons. The number of carbonyl (C=O) groups excluding carboxylic acids is 2. The van der Waals surface area contributed by atoms with Crippen molar-refractivity contribution < 1.29 is 9.59 Å². The fourth-order valence-corrected chi connectivity index (χ4v) is 3.77. The monoisotopic (exact) mass is 292 g/mol. The molecule has 0 aromatic rings. The van der Waals surface area contributed by atoms with E-state index in [1.807, 2.05) is 0 Å². The zero-order valence-corrected chi connectivity index (χ0v) is 13.7. The van der Waals surface area contributed by atoms with Gasteiger partial charge in [-0.15, -0.1) is 0 Å². The van der Waals surface area contributed by atoms with E-state index in [9.17, 15) is 9.59 Å². The first-order chi connectivity index (χ1) is 9.75. The van der Waals surface area contributed by atoms with Crippen LogP contribution in [-0.4, -0.2) is 29.3 Å². The van der Waals surface area contributed by atoms with Crippen molar-refractivity contribution in [3.63, 3.8) is 0 Å². The summed E-state index contributed by atoms with van der Waals surface area (Å²) in [5.41, 5.74) is 6.59. The molecule has 21 heavy (non-hydrogen) atoms. The molecule has 4 heteroatoms. The van der Waals surface area contributed by atoms with Crippen molar-refractivity contribution in [2.45, 2.75) is 59.4 Å². The molecule has 0 heterocycles. The molecular weight excluding hydrogens is 264 g/mol. The SMILES string of the molecule is CC(C)=C[C@@H]1[C@@H](C(=O)N(CC(N)=O)C2CCCC2)C1(C)C. The third-order valence-corrected chi connectivity index (χ3v) is 5.06. The summed E-state index contributed by atoms with van der Waals surface area (Å²) in [7, 11) is 0. The van der Waals surface area contributed by atoms with Gasteiger partial charge in [0.25, 0.3) is 0 Å². The Morgan fingerprint density at radius 2 is 1.81 bits per heavy atom. The quantitative estimate of drug-likeness (QED) is 0.791. The Morgan fingerprint density at radius 1 is 1.24 bits per heavy atom. The van der Waals surface area contributed by atoms with Crippen molar-refractivity contribution in [3.8, 4) is 0 Å². The second kappa shape index (κ2) is 5.82. The number of nitrogens with two attached hydrogens (primary N) is 1. The maximum Gasteiger partial charge on any atom is 0.237 e. The van der Waals surface area contributed by atoms with Crippen LogP contribution in [0.5, 0.6) is 0 Å². The smallest absolute Gasteiger partial charge is 0.237 e. The van der Waals surface area contributed by atoms with E-state index in [0.29, 0.717) is 0 Å². The molecule has 2 fully saturated rings. The van der Waals surface area contributed by atoms with Crippen molar-refractivity contribution in [1.29, 1.82) is 0 Å². The minimum absolute atomic E-state index is 0.00708. The van der Waals surface area contributed by atoms with Crippen LogP contribution in [0, 0.1) is 17.3 Å². The largest absolute Gasteiger partial charge is 0.368 e. The fraction of sp³-hybridized carbons (Fsp3) is 0.765. The third-order valence-electron chi connectivity index (χ3n) is 5.06. The Morgan fingerprint density at radius 3 is 2.29 bits per heavy atom. The molecule has 2 amide bonds. The Kier molecular flexibility index (Phi) is 4.45. The average Bonchev–Trinajstić information content (AvgIpc) is 2.79. The van der Waals surface area contributed by atoms with E-state index in [1.54, 1.807) is 4.90 Å². The molecule has 2 rings (SSSR count). The van der Waals surface area contributed by atoms with Crippen LogP contribution in [0.1, 0.15) is 53.4 Å². The van der Waals surface area contributed by atoms with Gasteiger partial charge in [-0.25, -0.2) is 0 Å². The summed E-state index contributed by atoms with van der Waals surface area (Å²) in [6, 6.07) is 0.203. The normalized spacial score (nSPS) is 27.2. The molecule has 2 aliphatic rings. The van der Waals surface area contributed by atoms with E-state index in [0.717, 1.165) is 25.7 Å². The first kappa shape index (κ1) is 16.1. The van der Waals surface area contributed by atoms with Gasteiger partial charge in [0.15, 0.2) is 0 Å². The van der Waals surface area contributed by atoms with E-state index in [1.165, 1.54) is 5.57 Å². The van der Waals surface area contributed by atoms with E-state index in [-0.39, 0.29) is 35.7 Å². The van der Waals surface area contributed by atoms with Crippen LogP contribution in [0.25, 0.3) is 0 Å². The maximum absolute atomic E-state index is 12.9. The van der Waals surface area contributed by atoms with Crippen LogP contribution >= 0.6 is 0 Å². The van der Waals surface area contributed by atoms with Crippen LogP contribution in [0.4, 0.5) is 0 Å². The van der Waals surface area contributed by atoms with Gasteiger partial charge in [0, 0.05) is 6.04 Å².